The summed E-state index contributed by atoms with van der Waals surface area (Å²) in [5.74, 6) is 0.876. The maximum Gasteiger partial charge on any atom is 0.261 e. The van der Waals surface area contributed by atoms with Crippen molar-refractivity contribution in [3.05, 3.63) is 58.3 Å². The Bertz CT molecular complexity index is 809. The van der Waals surface area contributed by atoms with E-state index in [1.165, 1.54) is 16.9 Å². The Morgan fingerprint density at radius 2 is 2.03 bits per heavy atom. The van der Waals surface area contributed by atoms with Crippen LogP contribution in [0.25, 0.3) is 0 Å². The molecule has 1 amide bonds. The number of piperidine rings is 1. The first kappa shape index (κ1) is 23.3. The average molecular weight is 442 g/mol. The van der Waals surface area contributed by atoms with Crippen molar-refractivity contribution in [2.75, 3.05) is 26.2 Å². The van der Waals surface area contributed by atoms with Crippen LogP contribution in [0.1, 0.15) is 48.3 Å². The first-order valence-electron chi connectivity index (χ1n) is 11.3. The molecule has 0 spiro atoms. The molecule has 0 saturated carbocycles. The Hall–Kier alpha value is -2.38. The molecule has 1 aromatic carbocycles. The lowest BCUT2D eigenvalue weighted by molar-refractivity contribution is 0.0957. The predicted octanol–water partition coefficient (Wildman–Crippen LogP) is 3.48. The number of nitrogens with one attached hydrogen (secondary N) is 3. The molecule has 31 heavy (non-hydrogen) atoms. The molecule has 6 nitrogen and oxygen atoms in total. The van der Waals surface area contributed by atoms with E-state index < -0.39 is 0 Å². The van der Waals surface area contributed by atoms with Gasteiger partial charge in [0.05, 0.1) is 4.88 Å². The SMILES string of the molecule is CCNC(=NCCCNC(=O)c1cccs1)NC1CCN(Cc2ccccc2)C(C)C1. The molecule has 1 aliphatic heterocycles. The minimum absolute atomic E-state index is 0.000242. The smallest absolute Gasteiger partial charge is 0.261 e. The Kier molecular flexibility index (Phi) is 9.37. The van der Waals surface area contributed by atoms with E-state index in [4.69, 9.17) is 4.99 Å². The third-order valence-corrected chi connectivity index (χ3v) is 6.43. The van der Waals surface area contributed by atoms with Crippen molar-refractivity contribution in [3.63, 3.8) is 0 Å². The highest BCUT2D eigenvalue weighted by Gasteiger charge is 2.25. The number of carbonyl (C=O) groups excluding carboxylic acids is 1. The lowest BCUT2D eigenvalue weighted by Gasteiger charge is -2.38. The van der Waals surface area contributed by atoms with Gasteiger partial charge in [0.2, 0.25) is 0 Å². The predicted molar refractivity (Wildman–Crippen MR) is 130 cm³/mol. The van der Waals surface area contributed by atoms with E-state index in [1.54, 1.807) is 0 Å². The van der Waals surface area contributed by atoms with E-state index in [2.05, 4.69) is 65.0 Å². The number of guanidine groups is 1. The van der Waals surface area contributed by atoms with E-state index in [0.717, 1.165) is 49.7 Å². The Morgan fingerprint density at radius 3 is 2.74 bits per heavy atom. The van der Waals surface area contributed by atoms with Crippen molar-refractivity contribution in [3.8, 4) is 0 Å². The standard InChI is InChI=1S/C24H35N5OS/c1-3-25-24(27-14-8-13-26-23(30)22-11-7-16-31-22)28-21-12-15-29(19(2)17-21)18-20-9-5-4-6-10-20/h4-7,9-11,16,19,21H,3,8,12-15,17-18H2,1-2H3,(H,26,30)(H2,25,27,28). The molecule has 3 N–H and O–H groups in total. The fraction of sp³-hybridized carbons (Fsp3) is 0.500. The van der Waals surface area contributed by atoms with Gasteiger partial charge in [-0.15, -0.1) is 11.3 Å². The maximum absolute atomic E-state index is 12.0. The highest BCUT2D eigenvalue weighted by Crippen LogP contribution is 2.20. The molecule has 0 bridgehead atoms. The molecule has 2 heterocycles. The Morgan fingerprint density at radius 1 is 1.19 bits per heavy atom. The summed E-state index contributed by atoms with van der Waals surface area (Å²) < 4.78 is 0. The molecule has 0 aliphatic carbocycles. The van der Waals surface area contributed by atoms with Gasteiger partial charge in [0, 0.05) is 44.8 Å². The molecule has 1 aromatic heterocycles. The normalized spacial score (nSPS) is 19.7. The van der Waals surface area contributed by atoms with Gasteiger partial charge in [0.1, 0.15) is 0 Å². The fourth-order valence-corrected chi connectivity index (χ4v) is 4.52. The third kappa shape index (κ3) is 7.67. The Balaban J connectivity index is 1.40. The van der Waals surface area contributed by atoms with Crippen molar-refractivity contribution in [2.24, 2.45) is 4.99 Å². The van der Waals surface area contributed by atoms with Gasteiger partial charge in [-0.1, -0.05) is 36.4 Å². The number of rotatable bonds is 9. The van der Waals surface area contributed by atoms with Gasteiger partial charge in [-0.3, -0.25) is 14.7 Å². The number of hydrogen-bond donors (Lipinski definition) is 3. The molecule has 168 valence electrons. The Labute approximate surface area is 190 Å². The van der Waals surface area contributed by atoms with E-state index in [-0.39, 0.29) is 5.91 Å². The van der Waals surface area contributed by atoms with Crippen molar-refractivity contribution in [1.82, 2.24) is 20.9 Å². The lowest BCUT2D eigenvalue weighted by atomic mass is 9.97. The first-order valence-corrected chi connectivity index (χ1v) is 12.2. The number of aliphatic imine (C=N–C) groups is 1. The van der Waals surface area contributed by atoms with Crippen LogP contribution in [0.2, 0.25) is 0 Å². The number of nitrogens with zero attached hydrogens (tertiary/aromatic N) is 2. The fourth-order valence-electron chi connectivity index (χ4n) is 3.88. The van der Waals surface area contributed by atoms with Crippen LogP contribution < -0.4 is 16.0 Å². The monoisotopic (exact) mass is 441 g/mol. The van der Waals surface area contributed by atoms with Crippen LogP contribution in [-0.2, 0) is 6.54 Å². The zero-order valence-electron chi connectivity index (χ0n) is 18.6. The molecule has 7 heteroatoms. The maximum atomic E-state index is 12.0. The van der Waals surface area contributed by atoms with Gasteiger partial charge < -0.3 is 16.0 Å². The van der Waals surface area contributed by atoms with Crippen molar-refractivity contribution >= 4 is 23.2 Å². The largest absolute Gasteiger partial charge is 0.357 e. The summed E-state index contributed by atoms with van der Waals surface area (Å²) >= 11 is 1.46. The third-order valence-electron chi connectivity index (χ3n) is 5.56. The summed E-state index contributed by atoms with van der Waals surface area (Å²) in [6.07, 6.45) is 3.03. The summed E-state index contributed by atoms with van der Waals surface area (Å²) in [7, 11) is 0. The molecule has 1 saturated heterocycles. The van der Waals surface area contributed by atoms with Gasteiger partial charge in [0.15, 0.2) is 5.96 Å². The van der Waals surface area contributed by atoms with Crippen LogP contribution in [0.5, 0.6) is 0 Å². The summed E-state index contributed by atoms with van der Waals surface area (Å²) in [5.41, 5.74) is 1.38. The molecule has 2 atom stereocenters. The van der Waals surface area contributed by atoms with Gasteiger partial charge in [-0.05, 0) is 50.1 Å². The molecule has 3 rings (SSSR count). The zero-order chi connectivity index (χ0) is 21.9. The summed E-state index contributed by atoms with van der Waals surface area (Å²) in [5, 5.41) is 11.9. The van der Waals surface area contributed by atoms with E-state index in [0.29, 0.717) is 25.2 Å². The average Bonchev–Trinajstić information content (AvgIpc) is 3.31. The van der Waals surface area contributed by atoms with E-state index in [1.807, 2.05) is 17.5 Å². The molecule has 1 fully saturated rings. The van der Waals surface area contributed by atoms with Gasteiger partial charge >= 0.3 is 0 Å². The first-order chi connectivity index (χ1) is 15.2. The quantitative estimate of drug-likeness (QED) is 0.317. The number of carbonyl (C=O) groups is 1. The highest BCUT2D eigenvalue weighted by atomic mass is 32.1. The zero-order valence-corrected chi connectivity index (χ0v) is 19.5. The molecular formula is C24H35N5OS. The molecule has 1 aliphatic rings. The number of amides is 1. The van der Waals surface area contributed by atoms with Gasteiger partial charge in [-0.25, -0.2) is 0 Å². The summed E-state index contributed by atoms with van der Waals surface area (Å²) in [6.45, 7) is 8.66. The van der Waals surface area contributed by atoms with Crippen LogP contribution in [0, 0.1) is 0 Å². The van der Waals surface area contributed by atoms with Crippen LogP contribution in [0.4, 0.5) is 0 Å². The van der Waals surface area contributed by atoms with Gasteiger partial charge in [-0.2, -0.15) is 0 Å². The molecule has 0 radical (unpaired) electrons. The molecule has 2 aromatic rings. The summed E-state index contributed by atoms with van der Waals surface area (Å²) in [6, 6.07) is 15.4. The topological polar surface area (TPSA) is 68.8 Å². The molecule has 2 unspecified atom stereocenters. The second-order valence-electron chi connectivity index (χ2n) is 8.02. The van der Waals surface area contributed by atoms with Crippen LogP contribution >= 0.6 is 11.3 Å². The number of thiophene rings is 1. The second kappa shape index (κ2) is 12.5. The van der Waals surface area contributed by atoms with E-state index in [9.17, 15) is 4.79 Å². The minimum atomic E-state index is 0.000242. The molecular weight excluding hydrogens is 406 g/mol. The van der Waals surface area contributed by atoms with Crippen LogP contribution in [0.15, 0.2) is 52.8 Å². The van der Waals surface area contributed by atoms with Gasteiger partial charge in [0.25, 0.3) is 5.91 Å². The van der Waals surface area contributed by atoms with Crippen molar-refractivity contribution in [2.45, 2.75) is 51.7 Å². The van der Waals surface area contributed by atoms with Crippen LogP contribution in [0.3, 0.4) is 0 Å². The second-order valence-corrected chi connectivity index (χ2v) is 8.97. The van der Waals surface area contributed by atoms with Crippen molar-refractivity contribution in [1.29, 1.82) is 0 Å². The number of hydrogen-bond acceptors (Lipinski definition) is 4. The van der Waals surface area contributed by atoms with Crippen LogP contribution in [-0.4, -0.2) is 55.0 Å². The lowest BCUT2D eigenvalue weighted by Crippen LogP contribution is -2.51. The number of benzene rings is 1. The number of likely N-dealkylation sites (tertiary alicyclic amines) is 1. The summed E-state index contributed by atoms with van der Waals surface area (Å²) in [4.78, 5) is 20.0. The minimum Gasteiger partial charge on any atom is -0.357 e. The van der Waals surface area contributed by atoms with Crippen molar-refractivity contribution < 1.29 is 4.79 Å². The van der Waals surface area contributed by atoms with E-state index >= 15 is 0 Å². The highest BCUT2D eigenvalue weighted by molar-refractivity contribution is 7.12.